The number of rotatable bonds is 7. The first kappa shape index (κ1) is 18.0. The van der Waals surface area contributed by atoms with Crippen molar-refractivity contribution in [3.05, 3.63) is 78.3 Å². The molecule has 0 aliphatic carbocycles. The number of carbonyl (C=O) groups is 1. The Morgan fingerprint density at radius 2 is 1.81 bits per heavy atom. The average molecular weight is 375 g/mol. The molecule has 2 aromatic carbocycles. The van der Waals surface area contributed by atoms with Gasteiger partial charge in [0.15, 0.2) is 5.76 Å². The molecule has 1 N–H and O–H groups in total. The monoisotopic (exact) mass is 375 g/mol. The van der Waals surface area contributed by atoms with Gasteiger partial charge in [-0.25, -0.2) is 0 Å². The summed E-state index contributed by atoms with van der Waals surface area (Å²) in [7, 11) is 0. The minimum absolute atomic E-state index is 0.145. The zero-order valence-electron chi connectivity index (χ0n) is 13.5. The molecular weight excluding hydrogens is 360 g/mol. The Morgan fingerprint density at radius 1 is 1.08 bits per heavy atom. The van der Waals surface area contributed by atoms with E-state index in [1.165, 1.54) is 18.4 Å². The Kier molecular flexibility index (Phi) is 5.91. The first-order chi connectivity index (χ1) is 12.6. The van der Waals surface area contributed by atoms with Gasteiger partial charge in [0, 0.05) is 16.1 Å². The molecule has 0 saturated carbocycles. The molecule has 0 spiro atoms. The quantitative estimate of drug-likeness (QED) is 0.560. The van der Waals surface area contributed by atoms with Crippen LogP contribution in [-0.2, 0) is 6.61 Å². The van der Waals surface area contributed by atoms with Crippen LogP contribution in [0.3, 0.4) is 0 Å². The molecule has 3 aromatic rings. The minimum atomic E-state index is -2.48. The molecule has 7 heteroatoms. The molecule has 1 amide bonds. The van der Waals surface area contributed by atoms with E-state index in [0.717, 1.165) is 0 Å². The van der Waals surface area contributed by atoms with Gasteiger partial charge in [0.25, 0.3) is 11.7 Å². The molecule has 0 radical (unpaired) electrons. The second-order valence-corrected chi connectivity index (χ2v) is 6.30. The third-order valence-corrected chi connectivity index (χ3v) is 4.15. The van der Waals surface area contributed by atoms with Crippen LogP contribution >= 0.6 is 11.8 Å². The Labute approximate surface area is 153 Å². The van der Waals surface area contributed by atoms with Crippen LogP contribution in [-0.4, -0.2) is 11.7 Å². The van der Waals surface area contributed by atoms with Gasteiger partial charge in [0.05, 0.1) is 6.26 Å². The number of thioether (sulfide) groups is 1. The van der Waals surface area contributed by atoms with Crippen LogP contribution < -0.4 is 10.1 Å². The first-order valence-corrected chi connectivity index (χ1v) is 8.60. The molecule has 1 aromatic heterocycles. The highest BCUT2D eigenvalue weighted by Gasteiger charge is 2.16. The van der Waals surface area contributed by atoms with Crippen LogP contribution in [0.1, 0.15) is 16.1 Å². The second-order valence-electron chi connectivity index (χ2n) is 5.23. The number of para-hydroxylation sites is 1. The molecule has 0 aliphatic heterocycles. The van der Waals surface area contributed by atoms with Gasteiger partial charge in [-0.3, -0.25) is 4.79 Å². The topological polar surface area (TPSA) is 51.5 Å². The fourth-order valence-electron chi connectivity index (χ4n) is 2.23. The normalized spacial score (nSPS) is 10.7. The van der Waals surface area contributed by atoms with E-state index in [1.807, 2.05) is 30.3 Å². The van der Waals surface area contributed by atoms with Crippen LogP contribution in [0.2, 0.25) is 0 Å². The molecule has 3 rings (SSSR count). The van der Waals surface area contributed by atoms with Gasteiger partial charge in [-0.15, -0.1) is 0 Å². The van der Waals surface area contributed by atoms with E-state index < -0.39 is 11.7 Å². The van der Waals surface area contributed by atoms with Gasteiger partial charge >= 0.3 is 0 Å². The summed E-state index contributed by atoms with van der Waals surface area (Å²) in [5.41, 5.74) is 1.09. The molecule has 1 heterocycles. The number of hydrogen-bond acceptors (Lipinski definition) is 4. The van der Waals surface area contributed by atoms with Crippen molar-refractivity contribution in [1.82, 2.24) is 0 Å². The van der Waals surface area contributed by atoms with E-state index in [9.17, 15) is 13.6 Å². The van der Waals surface area contributed by atoms with Crippen molar-refractivity contribution < 1.29 is 22.7 Å². The molecule has 0 saturated heterocycles. The summed E-state index contributed by atoms with van der Waals surface area (Å²) in [5.74, 6) is -2.08. The number of carbonyl (C=O) groups excluding carboxylic acids is 1. The summed E-state index contributed by atoms with van der Waals surface area (Å²) in [4.78, 5) is 12.8. The van der Waals surface area contributed by atoms with E-state index in [-0.39, 0.29) is 12.4 Å². The molecule has 4 nitrogen and oxygen atoms in total. The number of benzene rings is 2. The smallest absolute Gasteiger partial charge is 0.291 e. The van der Waals surface area contributed by atoms with E-state index in [2.05, 4.69) is 5.32 Å². The minimum Gasteiger partial charge on any atom is -0.489 e. The molecular formula is C19H15F2NO3S. The van der Waals surface area contributed by atoms with Crippen LogP contribution in [0.5, 0.6) is 5.75 Å². The number of furan rings is 1. The van der Waals surface area contributed by atoms with Crippen molar-refractivity contribution in [2.75, 3.05) is 5.32 Å². The third-order valence-electron chi connectivity index (χ3n) is 3.43. The largest absolute Gasteiger partial charge is 0.489 e. The van der Waals surface area contributed by atoms with Gasteiger partial charge in [-0.1, -0.05) is 30.0 Å². The number of amides is 1. The molecule has 0 aliphatic rings. The maximum atomic E-state index is 12.4. The number of nitrogens with one attached hydrogen (secondary N) is 1. The number of hydrogen-bond donors (Lipinski definition) is 1. The van der Waals surface area contributed by atoms with Crippen molar-refractivity contribution >= 4 is 23.4 Å². The summed E-state index contributed by atoms with van der Waals surface area (Å²) >= 11 is 0.450. The highest BCUT2D eigenvalue weighted by Crippen LogP contribution is 2.26. The maximum Gasteiger partial charge on any atom is 0.291 e. The van der Waals surface area contributed by atoms with Crippen molar-refractivity contribution in [3.8, 4) is 5.75 Å². The standard InChI is InChI=1S/C19H15F2NO3S/c20-19(21)26-16-8-6-14(7-9-16)22-18(23)17-13(10-11-24-17)12-25-15-4-2-1-3-5-15/h1-11,19H,12H2,(H,22,23). The van der Waals surface area contributed by atoms with Crippen molar-refractivity contribution in [2.24, 2.45) is 0 Å². The highest BCUT2D eigenvalue weighted by atomic mass is 32.2. The molecule has 0 atom stereocenters. The summed E-state index contributed by atoms with van der Waals surface area (Å²) in [6.45, 7) is 0.188. The Morgan fingerprint density at radius 3 is 2.50 bits per heavy atom. The first-order valence-electron chi connectivity index (χ1n) is 7.72. The maximum absolute atomic E-state index is 12.4. The number of halogens is 2. The third kappa shape index (κ3) is 4.86. The lowest BCUT2D eigenvalue weighted by molar-refractivity contribution is 0.0993. The zero-order valence-corrected chi connectivity index (χ0v) is 14.3. The number of anilines is 1. The lowest BCUT2D eigenvalue weighted by atomic mass is 10.2. The van der Waals surface area contributed by atoms with Gasteiger partial charge in [0.1, 0.15) is 12.4 Å². The molecule has 0 unspecified atom stereocenters. The lowest BCUT2D eigenvalue weighted by Gasteiger charge is -2.08. The number of alkyl halides is 2. The lowest BCUT2D eigenvalue weighted by Crippen LogP contribution is -2.13. The fourth-order valence-corrected chi connectivity index (χ4v) is 2.73. The fraction of sp³-hybridized carbons (Fsp3) is 0.105. The van der Waals surface area contributed by atoms with Gasteiger partial charge in [-0.2, -0.15) is 8.78 Å². The Balaban J connectivity index is 1.62. The van der Waals surface area contributed by atoms with E-state index >= 15 is 0 Å². The van der Waals surface area contributed by atoms with Gasteiger partial charge in [0.2, 0.25) is 0 Å². The van der Waals surface area contributed by atoms with Crippen molar-refractivity contribution in [3.63, 3.8) is 0 Å². The summed E-state index contributed by atoms with van der Waals surface area (Å²) in [6, 6.07) is 17.1. The second kappa shape index (κ2) is 8.53. The molecule has 0 fully saturated rings. The van der Waals surface area contributed by atoms with Gasteiger partial charge in [-0.05, 0) is 42.5 Å². The predicted molar refractivity (Wildman–Crippen MR) is 95.7 cm³/mol. The van der Waals surface area contributed by atoms with E-state index in [4.69, 9.17) is 9.15 Å². The summed E-state index contributed by atoms with van der Waals surface area (Å²) < 4.78 is 35.5. The Bertz CT molecular complexity index is 851. The van der Waals surface area contributed by atoms with Crippen molar-refractivity contribution in [1.29, 1.82) is 0 Å². The van der Waals surface area contributed by atoms with Crippen LogP contribution in [0.4, 0.5) is 14.5 Å². The van der Waals surface area contributed by atoms with E-state index in [0.29, 0.717) is 33.7 Å². The van der Waals surface area contributed by atoms with E-state index in [1.54, 1.807) is 18.2 Å². The highest BCUT2D eigenvalue weighted by molar-refractivity contribution is 7.99. The summed E-state index contributed by atoms with van der Waals surface area (Å²) in [5, 5.41) is 2.68. The van der Waals surface area contributed by atoms with Crippen LogP contribution in [0.25, 0.3) is 0 Å². The molecule has 26 heavy (non-hydrogen) atoms. The van der Waals surface area contributed by atoms with Crippen LogP contribution in [0, 0.1) is 0 Å². The summed E-state index contributed by atoms with van der Waals surface area (Å²) in [6.07, 6.45) is 1.42. The van der Waals surface area contributed by atoms with Crippen molar-refractivity contribution in [2.45, 2.75) is 17.3 Å². The predicted octanol–water partition coefficient (Wildman–Crippen LogP) is 5.43. The van der Waals surface area contributed by atoms with Crippen LogP contribution in [0.15, 0.2) is 76.2 Å². The molecule has 134 valence electrons. The van der Waals surface area contributed by atoms with Gasteiger partial charge < -0.3 is 14.5 Å². The average Bonchev–Trinajstić information content (AvgIpc) is 3.11. The molecule has 0 bridgehead atoms. The Hall–Kier alpha value is -2.80. The number of ether oxygens (including phenoxy) is 1. The SMILES string of the molecule is O=C(Nc1ccc(SC(F)F)cc1)c1occc1COc1ccccc1. The zero-order chi connectivity index (χ0) is 18.4.